The van der Waals surface area contributed by atoms with Gasteiger partial charge in [-0.05, 0) is 56.0 Å². The van der Waals surface area contributed by atoms with Crippen LogP contribution in [0, 0.1) is 11.8 Å². The molecule has 0 saturated heterocycles. The second-order valence-electron chi connectivity index (χ2n) is 6.35. The summed E-state index contributed by atoms with van der Waals surface area (Å²) in [6.07, 6.45) is 6.86. The lowest BCUT2D eigenvalue weighted by atomic mass is 10.0. The van der Waals surface area contributed by atoms with Crippen LogP contribution in [0.3, 0.4) is 0 Å². The minimum absolute atomic E-state index is 0.372. The molecular weight excluding hydrogens is 338 g/mol. The number of para-hydroxylation sites is 1. The molecule has 3 rings (SSSR count). The van der Waals surface area contributed by atoms with Crippen molar-refractivity contribution in [3.05, 3.63) is 42.0 Å². The van der Waals surface area contributed by atoms with Gasteiger partial charge in [-0.25, -0.2) is 4.79 Å². The van der Waals surface area contributed by atoms with E-state index in [1.807, 2.05) is 19.1 Å². The molecule has 132 valence electrons. The Morgan fingerprint density at radius 3 is 2.84 bits per heavy atom. The predicted octanol–water partition coefficient (Wildman–Crippen LogP) is 2.30. The third-order valence-electron chi connectivity index (χ3n) is 4.55. The summed E-state index contributed by atoms with van der Waals surface area (Å²) >= 11 is 5.33. The van der Waals surface area contributed by atoms with Crippen LogP contribution in [0.4, 0.5) is 0 Å². The van der Waals surface area contributed by atoms with E-state index >= 15 is 0 Å². The minimum atomic E-state index is -1.02. The van der Waals surface area contributed by atoms with Crippen LogP contribution in [-0.4, -0.2) is 34.5 Å². The van der Waals surface area contributed by atoms with Gasteiger partial charge in [0.15, 0.2) is 11.7 Å². The number of nitrogens with zero attached hydrogens (tertiary/aromatic N) is 1. The number of fused-ring (bicyclic) bond motifs is 2. The number of ether oxygens (including phenoxy) is 1. The van der Waals surface area contributed by atoms with Crippen LogP contribution in [0.25, 0.3) is 0 Å². The minimum Gasteiger partial charge on any atom is -0.481 e. The van der Waals surface area contributed by atoms with Crippen molar-refractivity contribution in [3.63, 3.8) is 0 Å². The van der Waals surface area contributed by atoms with Crippen LogP contribution in [0.15, 0.2) is 41.5 Å². The van der Waals surface area contributed by atoms with Crippen molar-refractivity contribution in [2.24, 2.45) is 16.9 Å². The number of thiocarbonyl (C=S) groups is 1. The Balaban J connectivity index is 1.58. The van der Waals surface area contributed by atoms with Crippen molar-refractivity contribution in [1.29, 1.82) is 0 Å². The molecule has 2 aliphatic carbocycles. The van der Waals surface area contributed by atoms with Gasteiger partial charge in [-0.1, -0.05) is 24.3 Å². The fourth-order valence-electron chi connectivity index (χ4n) is 3.37. The second-order valence-corrected chi connectivity index (χ2v) is 6.76. The number of hydrogen-bond acceptors (Lipinski definition) is 4. The molecule has 0 heterocycles. The number of carboxylic acids is 1. The maximum Gasteiger partial charge on any atom is 0.341 e. The van der Waals surface area contributed by atoms with E-state index in [0.717, 1.165) is 12.0 Å². The summed E-state index contributed by atoms with van der Waals surface area (Å²) in [7, 11) is 0. The molecule has 2 bridgehead atoms. The lowest BCUT2D eigenvalue weighted by Gasteiger charge is -2.21. The number of rotatable bonds is 6. The number of hydrazone groups is 1. The summed E-state index contributed by atoms with van der Waals surface area (Å²) in [4.78, 5) is 10.7. The zero-order valence-electron chi connectivity index (χ0n) is 13.9. The number of carbonyl (C=O) groups is 1. The highest BCUT2D eigenvalue weighted by Crippen LogP contribution is 2.38. The predicted molar refractivity (Wildman–Crippen MR) is 99.8 cm³/mol. The normalized spacial score (nSPS) is 24.2. The van der Waals surface area contributed by atoms with Crippen molar-refractivity contribution in [1.82, 2.24) is 10.7 Å². The Labute approximate surface area is 152 Å². The van der Waals surface area contributed by atoms with E-state index in [9.17, 15) is 4.79 Å². The molecule has 25 heavy (non-hydrogen) atoms. The average molecular weight is 359 g/mol. The van der Waals surface area contributed by atoms with Crippen molar-refractivity contribution in [3.8, 4) is 5.75 Å². The Hall–Kier alpha value is -2.41. The largest absolute Gasteiger partial charge is 0.481 e. The molecule has 6 nitrogen and oxygen atoms in total. The SMILES string of the molecule is C/C(=N/NC(=S)N[C@H]1C[C@H]2C=C[C@H]1C2)c1ccccc1OCC(=O)O. The first-order valence-corrected chi connectivity index (χ1v) is 8.67. The zero-order chi connectivity index (χ0) is 17.8. The quantitative estimate of drug-likeness (QED) is 0.313. The fourth-order valence-corrected chi connectivity index (χ4v) is 3.57. The number of aliphatic carboxylic acids is 1. The maximum atomic E-state index is 10.7. The van der Waals surface area contributed by atoms with Gasteiger partial charge in [-0.3, -0.25) is 5.43 Å². The maximum absolute atomic E-state index is 10.7. The third-order valence-corrected chi connectivity index (χ3v) is 4.76. The number of allylic oxidation sites excluding steroid dienone is 1. The van der Waals surface area contributed by atoms with Gasteiger partial charge in [0.05, 0.1) is 5.71 Å². The molecule has 1 saturated carbocycles. The molecule has 0 amide bonds. The summed E-state index contributed by atoms with van der Waals surface area (Å²) in [5.41, 5.74) is 4.26. The van der Waals surface area contributed by atoms with Crippen molar-refractivity contribution in [2.75, 3.05) is 6.61 Å². The second kappa shape index (κ2) is 7.65. The van der Waals surface area contributed by atoms with Crippen molar-refractivity contribution in [2.45, 2.75) is 25.8 Å². The molecule has 1 fully saturated rings. The number of carboxylic acid groups (broad SMARTS) is 1. The molecule has 0 aromatic heterocycles. The standard InChI is InChI=1S/C18H21N3O3S/c1-11(14-4-2-3-5-16(14)24-10-17(22)23)20-21-18(25)19-15-9-12-6-7-13(15)8-12/h2-7,12-13,15H,8-10H2,1H3,(H,22,23)(H2,19,21,25)/b20-11-/t12-,13-,15-/m0/s1. The highest BCUT2D eigenvalue weighted by molar-refractivity contribution is 7.80. The molecule has 0 unspecified atom stereocenters. The van der Waals surface area contributed by atoms with Gasteiger partial charge in [0.25, 0.3) is 0 Å². The topological polar surface area (TPSA) is 83.0 Å². The monoisotopic (exact) mass is 359 g/mol. The van der Waals surface area contributed by atoms with Crippen molar-refractivity contribution >= 4 is 29.0 Å². The van der Waals surface area contributed by atoms with Gasteiger partial charge in [0.1, 0.15) is 5.75 Å². The van der Waals surface area contributed by atoms with Gasteiger partial charge < -0.3 is 15.2 Å². The highest BCUT2D eigenvalue weighted by Gasteiger charge is 2.35. The number of hydrogen-bond donors (Lipinski definition) is 3. The van der Waals surface area contributed by atoms with E-state index in [1.54, 1.807) is 12.1 Å². The number of nitrogens with one attached hydrogen (secondary N) is 2. The summed E-state index contributed by atoms with van der Waals surface area (Å²) in [6, 6.07) is 7.55. The summed E-state index contributed by atoms with van der Waals surface area (Å²) in [5.74, 6) is 0.687. The van der Waals surface area contributed by atoms with Crippen LogP contribution in [0.1, 0.15) is 25.3 Å². The van der Waals surface area contributed by atoms with Crippen molar-refractivity contribution < 1.29 is 14.6 Å². The van der Waals surface area contributed by atoms with E-state index in [2.05, 4.69) is 28.0 Å². The first-order valence-electron chi connectivity index (χ1n) is 8.26. The van der Waals surface area contributed by atoms with Gasteiger partial charge in [0.2, 0.25) is 0 Å². The molecule has 3 N–H and O–H groups in total. The Morgan fingerprint density at radius 2 is 2.16 bits per heavy atom. The molecule has 0 spiro atoms. The van der Waals surface area contributed by atoms with Crippen LogP contribution >= 0.6 is 12.2 Å². The highest BCUT2D eigenvalue weighted by atomic mass is 32.1. The number of benzene rings is 1. The first kappa shape index (κ1) is 17.4. The van der Waals surface area contributed by atoms with Crippen LogP contribution in [0.2, 0.25) is 0 Å². The van der Waals surface area contributed by atoms with Gasteiger partial charge in [-0.2, -0.15) is 5.10 Å². The Bertz CT molecular complexity index is 732. The Kier molecular flexibility index (Phi) is 5.33. The molecule has 3 atom stereocenters. The molecule has 1 aromatic rings. The smallest absolute Gasteiger partial charge is 0.341 e. The van der Waals surface area contributed by atoms with E-state index < -0.39 is 12.6 Å². The summed E-state index contributed by atoms with van der Waals surface area (Å²) in [6.45, 7) is 1.42. The lowest BCUT2D eigenvalue weighted by molar-refractivity contribution is -0.139. The van der Waals surface area contributed by atoms with Crippen LogP contribution in [-0.2, 0) is 4.79 Å². The summed E-state index contributed by atoms with van der Waals surface area (Å²) in [5, 5.41) is 16.9. The van der Waals surface area contributed by atoms with Gasteiger partial charge in [0, 0.05) is 11.6 Å². The zero-order valence-corrected chi connectivity index (χ0v) is 14.8. The third kappa shape index (κ3) is 4.36. The summed E-state index contributed by atoms with van der Waals surface area (Å²) < 4.78 is 5.30. The fraction of sp³-hybridized carbons (Fsp3) is 0.389. The molecular formula is C18H21N3O3S. The van der Waals surface area contributed by atoms with Gasteiger partial charge >= 0.3 is 5.97 Å². The molecule has 0 radical (unpaired) electrons. The molecule has 1 aromatic carbocycles. The van der Waals surface area contributed by atoms with E-state index in [-0.39, 0.29) is 0 Å². The average Bonchev–Trinajstić information content (AvgIpc) is 3.21. The van der Waals surface area contributed by atoms with Crippen LogP contribution in [0.5, 0.6) is 5.75 Å². The van der Waals surface area contributed by atoms with E-state index in [0.29, 0.717) is 34.5 Å². The molecule has 2 aliphatic rings. The van der Waals surface area contributed by atoms with E-state index in [1.165, 1.54) is 6.42 Å². The first-order chi connectivity index (χ1) is 12.0. The molecule has 0 aliphatic heterocycles. The van der Waals surface area contributed by atoms with E-state index in [4.69, 9.17) is 22.1 Å². The molecule has 7 heteroatoms. The van der Waals surface area contributed by atoms with Gasteiger partial charge in [-0.15, -0.1) is 0 Å². The lowest BCUT2D eigenvalue weighted by Crippen LogP contribution is -2.42. The Morgan fingerprint density at radius 1 is 1.36 bits per heavy atom. The van der Waals surface area contributed by atoms with Crippen LogP contribution < -0.4 is 15.5 Å².